The van der Waals surface area contributed by atoms with Gasteiger partial charge in [0.2, 0.25) is 0 Å². The zero-order valence-corrected chi connectivity index (χ0v) is 13.1. The first-order valence-electron chi connectivity index (χ1n) is 8.07. The van der Waals surface area contributed by atoms with Crippen molar-refractivity contribution in [2.75, 3.05) is 6.54 Å². The van der Waals surface area contributed by atoms with E-state index in [0.717, 1.165) is 38.8 Å². The molecular weight excluding hydrogens is 262 g/mol. The van der Waals surface area contributed by atoms with Gasteiger partial charge in [-0.25, -0.2) is 0 Å². The van der Waals surface area contributed by atoms with Crippen LogP contribution < -0.4 is 5.32 Å². The van der Waals surface area contributed by atoms with Crippen LogP contribution in [0.15, 0.2) is 24.3 Å². The minimum absolute atomic E-state index is 0.147. The van der Waals surface area contributed by atoms with Crippen LogP contribution >= 0.6 is 0 Å². The first-order chi connectivity index (χ1) is 10.1. The van der Waals surface area contributed by atoms with Gasteiger partial charge in [-0.2, -0.15) is 0 Å². The summed E-state index contributed by atoms with van der Waals surface area (Å²) in [6.07, 6.45) is 4.05. The van der Waals surface area contributed by atoms with Gasteiger partial charge in [-0.1, -0.05) is 44.5 Å². The summed E-state index contributed by atoms with van der Waals surface area (Å²) in [7, 11) is 0. The molecule has 1 aliphatic carbocycles. The number of rotatable bonds is 7. The predicted octanol–water partition coefficient (Wildman–Crippen LogP) is 3.48. The Labute approximate surface area is 127 Å². The first-order valence-corrected chi connectivity index (χ1v) is 8.07. The van der Waals surface area contributed by atoms with Crippen LogP contribution in [0.1, 0.15) is 44.2 Å². The third kappa shape index (κ3) is 4.85. The normalized spacial score (nSPS) is 21.9. The van der Waals surface area contributed by atoms with Crippen molar-refractivity contribution in [1.82, 2.24) is 5.32 Å². The van der Waals surface area contributed by atoms with Crippen molar-refractivity contribution in [3.8, 4) is 0 Å². The molecule has 0 bridgehead atoms. The molecule has 0 saturated heterocycles. The molecule has 116 valence electrons. The lowest BCUT2D eigenvalue weighted by Crippen LogP contribution is -2.28. The van der Waals surface area contributed by atoms with Crippen molar-refractivity contribution in [3.05, 3.63) is 35.4 Å². The SMILES string of the molecule is CC(C)Cc1ccc(CNCC2CCCC2C(=O)O)cc1. The molecule has 0 radical (unpaired) electrons. The quantitative estimate of drug-likeness (QED) is 0.808. The third-order valence-corrected chi connectivity index (χ3v) is 4.38. The molecule has 1 saturated carbocycles. The summed E-state index contributed by atoms with van der Waals surface area (Å²) < 4.78 is 0. The van der Waals surface area contributed by atoms with E-state index in [1.807, 2.05) is 0 Å². The van der Waals surface area contributed by atoms with Crippen molar-refractivity contribution in [2.45, 2.75) is 46.1 Å². The Morgan fingerprint density at radius 2 is 1.90 bits per heavy atom. The minimum atomic E-state index is -0.627. The summed E-state index contributed by atoms with van der Waals surface area (Å²) in [4.78, 5) is 11.1. The van der Waals surface area contributed by atoms with Gasteiger partial charge in [0.05, 0.1) is 5.92 Å². The van der Waals surface area contributed by atoms with E-state index < -0.39 is 5.97 Å². The van der Waals surface area contributed by atoms with Gasteiger partial charge in [-0.3, -0.25) is 4.79 Å². The van der Waals surface area contributed by atoms with E-state index in [-0.39, 0.29) is 5.92 Å². The lowest BCUT2D eigenvalue weighted by Gasteiger charge is -2.16. The fourth-order valence-electron chi connectivity index (χ4n) is 3.27. The predicted molar refractivity (Wildman–Crippen MR) is 85.2 cm³/mol. The van der Waals surface area contributed by atoms with Gasteiger partial charge in [0, 0.05) is 6.54 Å². The van der Waals surface area contributed by atoms with Crippen molar-refractivity contribution >= 4 is 5.97 Å². The maximum atomic E-state index is 11.1. The highest BCUT2D eigenvalue weighted by atomic mass is 16.4. The number of nitrogens with one attached hydrogen (secondary N) is 1. The summed E-state index contributed by atoms with van der Waals surface area (Å²) in [6, 6.07) is 8.75. The second kappa shape index (κ2) is 7.60. The van der Waals surface area contributed by atoms with Crippen molar-refractivity contribution in [1.29, 1.82) is 0 Å². The number of carboxylic acids is 1. The van der Waals surface area contributed by atoms with E-state index in [1.54, 1.807) is 0 Å². The monoisotopic (exact) mass is 289 g/mol. The van der Waals surface area contributed by atoms with Crippen LogP contribution in [0.25, 0.3) is 0 Å². The molecule has 0 amide bonds. The highest BCUT2D eigenvalue weighted by Gasteiger charge is 2.32. The molecule has 2 unspecified atom stereocenters. The van der Waals surface area contributed by atoms with Crippen LogP contribution in [0.2, 0.25) is 0 Å². The van der Waals surface area contributed by atoms with Gasteiger partial charge in [-0.15, -0.1) is 0 Å². The van der Waals surface area contributed by atoms with Gasteiger partial charge in [0.1, 0.15) is 0 Å². The molecule has 2 atom stereocenters. The largest absolute Gasteiger partial charge is 0.481 e. The second-order valence-electron chi connectivity index (χ2n) is 6.68. The van der Waals surface area contributed by atoms with Crippen LogP contribution in [0.3, 0.4) is 0 Å². The number of hydrogen-bond donors (Lipinski definition) is 2. The molecule has 21 heavy (non-hydrogen) atoms. The molecule has 3 heteroatoms. The number of benzene rings is 1. The van der Waals surface area contributed by atoms with Gasteiger partial charge >= 0.3 is 5.97 Å². The molecule has 2 N–H and O–H groups in total. The van der Waals surface area contributed by atoms with E-state index in [0.29, 0.717) is 11.8 Å². The summed E-state index contributed by atoms with van der Waals surface area (Å²) in [5, 5.41) is 12.6. The lowest BCUT2D eigenvalue weighted by atomic mass is 9.96. The maximum Gasteiger partial charge on any atom is 0.306 e. The fourth-order valence-corrected chi connectivity index (χ4v) is 3.27. The van der Waals surface area contributed by atoms with Crippen LogP contribution in [-0.2, 0) is 17.8 Å². The zero-order valence-electron chi connectivity index (χ0n) is 13.1. The molecule has 1 aromatic carbocycles. The topological polar surface area (TPSA) is 49.3 Å². The lowest BCUT2D eigenvalue weighted by molar-refractivity contribution is -0.142. The molecule has 1 aromatic rings. The number of carbonyl (C=O) groups is 1. The molecule has 2 rings (SSSR count). The zero-order chi connectivity index (χ0) is 15.2. The standard InChI is InChI=1S/C18H27NO2/c1-13(2)10-14-6-8-15(9-7-14)11-19-12-16-4-3-5-17(16)18(20)21/h6-9,13,16-17,19H,3-5,10-12H2,1-2H3,(H,20,21). The maximum absolute atomic E-state index is 11.1. The Balaban J connectivity index is 1.77. The fraction of sp³-hybridized carbons (Fsp3) is 0.611. The molecule has 3 nitrogen and oxygen atoms in total. The molecular formula is C18H27NO2. The summed E-state index contributed by atoms with van der Waals surface area (Å²) in [5.74, 6) is 0.204. The number of carboxylic acid groups (broad SMARTS) is 1. The van der Waals surface area contributed by atoms with E-state index >= 15 is 0 Å². The van der Waals surface area contributed by atoms with Crippen LogP contribution in [0, 0.1) is 17.8 Å². The van der Waals surface area contributed by atoms with Gasteiger partial charge < -0.3 is 10.4 Å². The van der Waals surface area contributed by atoms with Crippen molar-refractivity contribution in [2.24, 2.45) is 17.8 Å². The number of hydrogen-bond acceptors (Lipinski definition) is 2. The highest BCUT2D eigenvalue weighted by Crippen LogP contribution is 2.31. The Bertz CT molecular complexity index is 453. The smallest absolute Gasteiger partial charge is 0.306 e. The second-order valence-corrected chi connectivity index (χ2v) is 6.68. The van der Waals surface area contributed by atoms with E-state index in [9.17, 15) is 9.90 Å². The number of aliphatic carboxylic acids is 1. The molecule has 0 aliphatic heterocycles. The Morgan fingerprint density at radius 3 is 2.52 bits per heavy atom. The third-order valence-electron chi connectivity index (χ3n) is 4.38. The molecule has 1 aliphatic rings. The first kappa shape index (κ1) is 16.0. The van der Waals surface area contributed by atoms with E-state index in [4.69, 9.17) is 0 Å². The van der Waals surface area contributed by atoms with Crippen molar-refractivity contribution in [3.63, 3.8) is 0 Å². The molecule has 1 fully saturated rings. The van der Waals surface area contributed by atoms with Crippen LogP contribution in [-0.4, -0.2) is 17.6 Å². The summed E-state index contributed by atoms with van der Waals surface area (Å²) in [5.41, 5.74) is 2.66. The average molecular weight is 289 g/mol. The average Bonchev–Trinajstić information content (AvgIpc) is 2.89. The minimum Gasteiger partial charge on any atom is -0.481 e. The Kier molecular flexibility index (Phi) is 5.80. The van der Waals surface area contributed by atoms with Gasteiger partial charge in [0.25, 0.3) is 0 Å². The highest BCUT2D eigenvalue weighted by molar-refractivity contribution is 5.70. The molecule has 0 spiro atoms. The summed E-state index contributed by atoms with van der Waals surface area (Å²) in [6.45, 7) is 6.10. The Morgan fingerprint density at radius 1 is 1.24 bits per heavy atom. The molecule has 0 aromatic heterocycles. The van der Waals surface area contributed by atoms with E-state index in [2.05, 4.69) is 43.4 Å². The van der Waals surface area contributed by atoms with Crippen LogP contribution in [0.4, 0.5) is 0 Å². The Hall–Kier alpha value is -1.35. The van der Waals surface area contributed by atoms with Crippen molar-refractivity contribution < 1.29 is 9.90 Å². The van der Waals surface area contributed by atoms with E-state index in [1.165, 1.54) is 11.1 Å². The summed E-state index contributed by atoms with van der Waals surface area (Å²) >= 11 is 0. The van der Waals surface area contributed by atoms with Crippen LogP contribution in [0.5, 0.6) is 0 Å². The van der Waals surface area contributed by atoms with Gasteiger partial charge in [-0.05, 0) is 48.8 Å². The molecule has 0 heterocycles. The van der Waals surface area contributed by atoms with Gasteiger partial charge in [0.15, 0.2) is 0 Å².